The van der Waals surface area contributed by atoms with Crippen LogP contribution in [0.2, 0.25) is 0 Å². The summed E-state index contributed by atoms with van der Waals surface area (Å²) in [6.45, 7) is 5.61. The van der Waals surface area contributed by atoms with E-state index >= 15 is 0 Å². The first-order valence-corrected chi connectivity index (χ1v) is 9.80. The zero-order valence-corrected chi connectivity index (χ0v) is 17.4. The molecule has 0 radical (unpaired) electrons. The van der Waals surface area contributed by atoms with Crippen LogP contribution in [0.15, 0.2) is 4.79 Å². The predicted molar refractivity (Wildman–Crippen MR) is 106 cm³/mol. The molecule has 0 saturated carbocycles. The number of fused-ring (bicyclic) bond motifs is 1. The first kappa shape index (κ1) is 22.4. The van der Waals surface area contributed by atoms with Crippen molar-refractivity contribution in [2.24, 2.45) is 0 Å². The van der Waals surface area contributed by atoms with E-state index in [0.29, 0.717) is 52.7 Å². The van der Waals surface area contributed by atoms with Crippen LogP contribution in [0.25, 0.3) is 10.2 Å². The van der Waals surface area contributed by atoms with Crippen LogP contribution >= 0.6 is 11.3 Å². The van der Waals surface area contributed by atoms with Crippen LogP contribution in [0.3, 0.4) is 0 Å². The fourth-order valence-electron chi connectivity index (χ4n) is 2.86. The minimum absolute atomic E-state index is 0.208. The average Bonchev–Trinajstić information content (AvgIpc) is 2.97. The van der Waals surface area contributed by atoms with Gasteiger partial charge in [-0.3, -0.25) is 9.69 Å². The lowest BCUT2D eigenvalue weighted by atomic mass is 10.2. The molecule has 0 fully saturated rings. The fourth-order valence-corrected chi connectivity index (χ4v) is 3.96. The Morgan fingerprint density at radius 1 is 1.36 bits per heavy atom. The second-order valence-electron chi connectivity index (χ2n) is 6.31. The van der Waals surface area contributed by atoms with E-state index in [1.807, 2.05) is 4.90 Å². The zero-order chi connectivity index (χ0) is 20.7. The number of rotatable bonds is 11. The lowest BCUT2D eigenvalue weighted by Crippen LogP contribution is -2.37. The second-order valence-corrected chi connectivity index (χ2v) is 7.31. The van der Waals surface area contributed by atoms with E-state index in [0.717, 1.165) is 11.3 Å². The van der Waals surface area contributed by atoms with Crippen LogP contribution in [0.1, 0.15) is 28.0 Å². The number of aliphatic hydroxyl groups excluding tert-OH is 1. The third-order valence-corrected chi connectivity index (χ3v) is 5.29. The van der Waals surface area contributed by atoms with Crippen LogP contribution < -0.4 is 5.56 Å². The van der Waals surface area contributed by atoms with Crippen molar-refractivity contribution in [1.29, 1.82) is 0 Å². The Balaban J connectivity index is 2.29. The average molecular weight is 413 g/mol. The number of hydrogen-bond donors (Lipinski definition) is 2. The van der Waals surface area contributed by atoms with Crippen molar-refractivity contribution in [2.45, 2.75) is 26.5 Å². The van der Waals surface area contributed by atoms with Gasteiger partial charge in [0.2, 0.25) is 0 Å². The molecule has 0 bridgehead atoms. The molecule has 0 aliphatic heterocycles. The summed E-state index contributed by atoms with van der Waals surface area (Å²) < 4.78 is 15.1. The number of H-pyrrole nitrogens is 1. The van der Waals surface area contributed by atoms with E-state index in [-0.39, 0.29) is 18.8 Å². The maximum absolute atomic E-state index is 12.6. The molecule has 156 valence electrons. The molecule has 2 N–H and O–H groups in total. The molecule has 0 aliphatic rings. The van der Waals surface area contributed by atoms with Gasteiger partial charge in [-0.15, -0.1) is 11.3 Å². The highest BCUT2D eigenvalue weighted by atomic mass is 32.1. The highest BCUT2D eigenvalue weighted by molar-refractivity contribution is 7.20. The summed E-state index contributed by atoms with van der Waals surface area (Å²) in [5.74, 6) is 0.00300. The number of carbonyl (C=O) groups is 1. The van der Waals surface area contributed by atoms with Crippen LogP contribution in [-0.2, 0) is 20.8 Å². The van der Waals surface area contributed by atoms with Gasteiger partial charge in [0, 0.05) is 27.3 Å². The van der Waals surface area contributed by atoms with Crippen molar-refractivity contribution in [3.8, 4) is 0 Å². The minimum Gasteiger partial charge on any atom is -0.462 e. The van der Waals surface area contributed by atoms with Crippen LogP contribution in [-0.4, -0.2) is 79.2 Å². The second kappa shape index (κ2) is 10.6. The molecule has 0 unspecified atom stereocenters. The van der Waals surface area contributed by atoms with Gasteiger partial charge in [0.15, 0.2) is 0 Å². The lowest BCUT2D eigenvalue weighted by molar-refractivity contribution is 0.0287. The van der Waals surface area contributed by atoms with Crippen molar-refractivity contribution in [3.05, 3.63) is 26.6 Å². The predicted octanol–water partition coefficient (Wildman–Crippen LogP) is 0.925. The number of aromatic amines is 1. The van der Waals surface area contributed by atoms with Gasteiger partial charge in [-0.25, -0.2) is 9.78 Å². The molecular weight excluding hydrogens is 386 g/mol. The summed E-state index contributed by atoms with van der Waals surface area (Å²) in [5.41, 5.74) is 0.277. The van der Waals surface area contributed by atoms with E-state index in [1.165, 1.54) is 7.11 Å². The molecule has 1 atom stereocenters. The number of aryl methyl sites for hydroxylation is 1. The number of methoxy groups -OCH3 is 2. The Bertz CT molecular complexity index is 850. The maximum Gasteiger partial charge on any atom is 0.348 e. The molecule has 9 nitrogen and oxygen atoms in total. The van der Waals surface area contributed by atoms with E-state index in [2.05, 4.69) is 9.97 Å². The lowest BCUT2D eigenvalue weighted by Gasteiger charge is -2.24. The molecule has 0 spiro atoms. The molecule has 10 heteroatoms. The van der Waals surface area contributed by atoms with Crippen LogP contribution in [0.5, 0.6) is 0 Å². The topological polar surface area (TPSA) is 114 Å². The molecular formula is C18H27N3O6S. The van der Waals surface area contributed by atoms with Crippen molar-refractivity contribution in [2.75, 3.05) is 47.1 Å². The third-order valence-electron chi connectivity index (χ3n) is 4.12. The Labute approximate surface area is 167 Å². The van der Waals surface area contributed by atoms with E-state index in [9.17, 15) is 14.7 Å². The normalized spacial score (nSPS) is 12.6. The largest absolute Gasteiger partial charge is 0.462 e. The van der Waals surface area contributed by atoms with Gasteiger partial charge in [0.05, 0.1) is 37.9 Å². The number of aliphatic hydroxyl groups is 1. The number of nitrogens with zero attached hydrogens (tertiary/aromatic N) is 2. The summed E-state index contributed by atoms with van der Waals surface area (Å²) in [6.07, 6.45) is -0.670. The number of carbonyl (C=O) groups excluding carboxylic acids is 1. The van der Waals surface area contributed by atoms with Crippen molar-refractivity contribution in [1.82, 2.24) is 14.9 Å². The number of aromatic nitrogens is 2. The molecule has 0 aromatic carbocycles. The Kier molecular flexibility index (Phi) is 8.52. The number of ether oxygens (including phenoxy) is 3. The SMILES string of the molecule is CCOC(=O)c1sc2nc(CN(CCOC)C[C@@H](O)COC)[nH]c(=O)c2c1C. The van der Waals surface area contributed by atoms with Gasteiger partial charge >= 0.3 is 5.97 Å². The first-order chi connectivity index (χ1) is 13.4. The molecule has 2 heterocycles. The van der Waals surface area contributed by atoms with Gasteiger partial charge in [0.1, 0.15) is 15.5 Å². The standard InChI is InChI=1S/C18H27N3O6S/c1-5-27-18(24)15-11(2)14-16(23)19-13(20-17(14)28-15)9-21(6-7-25-3)8-12(22)10-26-4/h12,22H,5-10H2,1-4H3,(H,19,20,23)/t12-/m1/s1. The van der Waals surface area contributed by atoms with E-state index in [1.54, 1.807) is 21.0 Å². The Hall–Kier alpha value is -1.85. The van der Waals surface area contributed by atoms with Gasteiger partial charge < -0.3 is 24.3 Å². The summed E-state index contributed by atoms with van der Waals surface area (Å²) in [5, 5.41) is 10.4. The fraction of sp³-hybridized carbons (Fsp3) is 0.611. The van der Waals surface area contributed by atoms with E-state index in [4.69, 9.17) is 14.2 Å². The summed E-state index contributed by atoms with van der Waals surface area (Å²) >= 11 is 1.15. The van der Waals surface area contributed by atoms with Crippen molar-refractivity contribution in [3.63, 3.8) is 0 Å². The monoisotopic (exact) mass is 413 g/mol. The first-order valence-electron chi connectivity index (χ1n) is 8.98. The maximum atomic E-state index is 12.6. The quantitative estimate of drug-likeness (QED) is 0.523. The highest BCUT2D eigenvalue weighted by Gasteiger charge is 2.21. The van der Waals surface area contributed by atoms with Gasteiger partial charge in [-0.2, -0.15) is 0 Å². The van der Waals surface area contributed by atoms with Crippen LogP contribution in [0, 0.1) is 6.92 Å². The van der Waals surface area contributed by atoms with E-state index < -0.39 is 12.1 Å². The number of esters is 1. The summed E-state index contributed by atoms with van der Waals surface area (Å²) in [7, 11) is 3.12. The number of hydrogen-bond acceptors (Lipinski definition) is 9. The molecule has 0 aliphatic carbocycles. The van der Waals surface area contributed by atoms with Crippen molar-refractivity contribution < 1.29 is 24.1 Å². The van der Waals surface area contributed by atoms with Crippen LogP contribution in [0.4, 0.5) is 0 Å². The smallest absolute Gasteiger partial charge is 0.348 e. The highest BCUT2D eigenvalue weighted by Crippen LogP contribution is 2.27. The van der Waals surface area contributed by atoms with Crippen molar-refractivity contribution >= 4 is 27.5 Å². The molecule has 2 rings (SSSR count). The molecule has 2 aromatic heterocycles. The summed E-state index contributed by atoms with van der Waals surface area (Å²) in [4.78, 5) is 34.8. The molecule has 2 aromatic rings. The number of thiophene rings is 1. The number of nitrogens with one attached hydrogen (secondary N) is 1. The molecule has 28 heavy (non-hydrogen) atoms. The van der Waals surface area contributed by atoms with Gasteiger partial charge in [0.25, 0.3) is 5.56 Å². The van der Waals surface area contributed by atoms with Gasteiger partial charge in [-0.05, 0) is 19.4 Å². The van der Waals surface area contributed by atoms with Gasteiger partial charge in [-0.1, -0.05) is 0 Å². The Morgan fingerprint density at radius 2 is 2.11 bits per heavy atom. The third kappa shape index (κ3) is 5.58. The minimum atomic E-state index is -0.670. The Morgan fingerprint density at radius 3 is 2.75 bits per heavy atom. The zero-order valence-electron chi connectivity index (χ0n) is 16.6. The molecule has 0 saturated heterocycles. The summed E-state index contributed by atoms with van der Waals surface area (Å²) in [6, 6.07) is 0. The molecule has 0 amide bonds.